The molecule has 6 heteroatoms. The zero-order valence-electron chi connectivity index (χ0n) is 15.2. The Hall–Kier alpha value is -2.99. The van der Waals surface area contributed by atoms with E-state index in [1.807, 2.05) is 36.4 Å². The third kappa shape index (κ3) is 4.41. The van der Waals surface area contributed by atoms with Gasteiger partial charge in [-0.1, -0.05) is 48.5 Å². The molecule has 1 aliphatic rings. The molecule has 0 spiro atoms. The molecule has 0 bridgehead atoms. The van der Waals surface area contributed by atoms with E-state index in [0.29, 0.717) is 0 Å². The Balaban J connectivity index is 1.29. The molecule has 0 unspecified atom stereocenters. The van der Waals surface area contributed by atoms with Gasteiger partial charge in [-0.05, 0) is 30.5 Å². The molecule has 1 N–H and O–H groups in total. The lowest BCUT2D eigenvalue weighted by molar-refractivity contribution is 0.0898. The average molecular weight is 361 g/mol. The van der Waals surface area contributed by atoms with Gasteiger partial charge in [0, 0.05) is 25.7 Å². The summed E-state index contributed by atoms with van der Waals surface area (Å²) in [6.45, 7) is 2.92. The second-order valence-electron chi connectivity index (χ2n) is 6.86. The van der Waals surface area contributed by atoms with Crippen LogP contribution in [0.25, 0.3) is 5.69 Å². The Bertz CT molecular complexity index is 870. The summed E-state index contributed by atoms with van der Waals surface area (Å²) in [4.78, 5) is 19.1. The van der Waals surface area contributed by atoms with Gasteiger partial charge in [0.05, 0.1) is 5.69 Å². The van der Waals surface area contributed by atoms with Crippen LogP contribution in [0.4, 0.5) is 0 Å². The summed E-state index contributed by atoms with van der Waals surface area (Å²) in [5.41, 5.74) is 2.22. The van der Waals surface area contributed by atoms with Crippen molar-refractivity contribution in [3.63, 3.8) is 0 Å². The van der Waals surface area contributed by atoms with E-state index >= 15 is 0 Å². The fraction of sp³-hybridized carbons (Fsp3) is 0.286. The molecule has 0 saturated carbocycles. The van der Waals surface area contributed by atoms with Gasteiger partial charge >= 0.3 is 0 Å². The first kappa shape index (κ1) is 17.4. The number of benzene rings is 2. The number of rotatable bonds is 5. The van der Waals surface area contributed by atoms with Gasteiger partial charge in [-0.3, -0.25) is 9.69 Å². The highest BCUT2D eigenvalue weighted by molar-refractivity contribution is 5.90. The Morgan fingerprint density at radius 2 is 1.67 bits per heavy atom. The molecular weight excluding hydrogens is 338 g/mol. The molecule has 2 heterocycles. The first-order valence-corrected chi connectivity index (χ1v) is 9.32. The fourth-order valence-electron chi connectivity index (χ4n) is 3.40. The highest BCUT2D eigenvalue weighted by Gasteiger charge is 2.22. The Kier molecular flexibility index (Phi) is 5.25. The van der Waals surface area contributed by atoms with Crippen LogP contribution in [-0.4, -0.2) is 44.7 Å². The number of hydrogen-bond acceptors (Lipinski definition) is 4. The van der Waals surface area contributed by atoms with Crippen molar-refractivity contribution in [2.45, 2.75) is 25.4 Å². The Labute approximate surface area is 158 Å². The topological polar surface area (TPSA) is 63.1 Å². The number of hydrogen-bond donors (Lipinski definition) is 1. The number of para-hydroxylation sites is 1. The minimum atomic E-state index is -0.203. The maximum absolute atomic E-state index is 12.5. The van der Waals surface area contributed by atoms with Crippen molar-refractivity contribution in [3.8, 4) is 5.69 Å². The predicted octanol–water partition coefficient (Wildman–Crippen LogP) is 2.66. The predicted molar refractivity (Wildman–Crippen MR) is 104 cm³/mol. The largest absolute Gasteiger partial charge is 0.346 e. The molecule has 1 fully saturated rings. The van der Waals surface area contributed by atoms with E-state index in [-0.39, 0.29) is 17.8 Å². The third-order valence-electron chi connectivity index (χ3n) is 4.89. The number of nitrogens with zero attached hydrogens (tertiary/aromatic N) is 4. The zero-order chi connectivity index (χ0) is 18.5. The molecule has 2 aromatic carbocycles. The van der Waals surface area contributed by atoms with Gasteiger partial charge in [0.2, 0.25) is 5.82 Å². The first-order valence-electron chi connectivity index (χ1n) is 9.32. The van der Waals surface area contributed by atoms with E-state index in [2.05, 4.69) is 44.6 Å². The molecule has 4 rings (SSSR count). The van der Waals surface area contributed by atoms with Crippen molar-refractivity contribution in [2.75, 3.05) is 13.1 Å². The number of likely N-dealkylation sites (tertiary alicyclic amines) is 1. The third-order valence-corrected chi connectivity index (χ3v) is 4.89. The quantitative estimate of drug-likeness (QED) is 0.759. The van der Waals surface area contributed by atoms with E-state index in [1.165, 1.54) is 5.56 Å². The van der Waals surface area contributed by atoms with Crippen molar-refractivity contribution in [1.82, 2.24) is 25.0 Å². The van der Waals surface area contributed by atoms with Gasteiger partial charge in [0.1, 0.15) is 6.33 Å². The maximum Gasteiger partial charge on any atom is 0.291 e. The summed E-state index contributed by atoms with van der Waals surface area (Å²) >= 11 is 0. The normalized spacial score (nSPS) is 15.6. The van der Waals surface area contributed by atoms with Gasteiger partial charge in [-0.2, -0.15) is 0 Å². The van der Waals surface area contributed by atoms with Crippen molar-refractivity contribution in [1.29, 1.82) is 0 Å². The van der Waals surface area contributed by atoms with Crippen molar-refractivity contribution < 1.29 is 4.79 Å². The number of piperidine rings is 1. The summed E-state index contributed by atoms with van der Waals surface area (Å²) in [7, 11) is 0. The van der Waals surface area contributed by atoms with Crippen LogP contribution in [0.1, 0.15) is 29.0 Å². The van der Waals surface area contributed by atoms with Crippen LogP contribution in [0, 0.1) is 0 Å². The molecule has 0 radical (unpaired) electrons. The van der Waals surface area contributed by atoms with E-state index in [1.54, 1.807) is 11.0 Å². The summed E-state index contributed by atoms with van der Waals surface area (Å²) in [6, 6.07) is 20.3. The lowest BCUT2D eigenvalue weighted by Crippen LogP contribution is -2.44. The minimum absolute atomic E-state index is 0.174. The van der Waals surface area contributed by atoms with Crippen LogP contribution in [-0.2, 0) is 6.54 Å². The van der Waals surface area contributed by atoms with Crippen LogP contribution in [0.2, 0.25) is 0 Å². The molecule has 0 aliphatic carbocycles. The Morgan fingerprint density at radius 1 is 1.00 bits per heavy atom. The highest BCUT2D eigenvalue weighted by atomic mass is 16.2. The number of aromatic nitrogens is 3. The number of carbonyl (C=O) groups is 1. The minimum Gasteiger partial charge on any atom is -0.346 e. The van der Waals surface area contributed by atoms with Gasteiger partial charge in [-0.15, -0.1) is 5.10 Å². The van der Waals surface area contributed by atoms with E-state index in [9.17, 15) is 4.79 Å². The van der Waals surface area contributed by atoms with Crippen molar-refractivity contribution in [3.05, 3.63) is 78.4 Å². The SMILES string of the molecule is O=C(NC1CCN(Cc2ccccc2)CC1)c1ncn(-c2ccccc2)n1. The summed E-state index contributed by atoms with van der Waals surface area (Å²) < 4.78 is 1.62. The second kappa shape index (κ2) is 8.14. The number of carbonyl (C=O) groups excluding carboxylic acids is 1. The number of amides is 1. The molecule has 3 aromatic rings. The van der Waals surface area contributed by atoms with E-state index < -0.39 is 0 Å². The van der Waals surface area contributed by atoms with Gasteiger partial charge in [0.15, 0.2) is 0 Å². The highest BCUT2D eigenvalue weighted by Crippen LogP contribution is 2.14. The molecule has 0 atom stereocenters. The van der Waals surface area contributed by atoms with Gasteiger partial charge < -0.3 is 5.32 Å². The zero-order valence-corrected chi connectivity index (χ0v) is 15.2. The molecule has 27 heavy (non-hydrogen) atoms. The van der Waals surface area contributed by atoms with Gasteiger partial charge in [0.25, 0.3) is 5.91 Å². The van der Waals surface area contributed by atoms with Crippen LogP contribution in [0.3, 0.4) is 0 Å². The molecule has 1 saturated heterocycles. The van der Waals surface area contributed by atoms with E-state index in [4.69, 9.17) is 0 Å². The lowest BCUT2D eigenvalue weighted by atomic mass is 10.0. The van der Waals surface area contributed by atoms with Crippen LogP contribution < -0.4 is 5.32 Å². The average Bonchev–Trinajstić information content (AvgIpc) is 3.21. The van der Waals surface area contributed by atoms with Crippen LogP contribution >= 0.6 is 0 Å². The maximum atomic E-state index is 12.5. The standard InChI is InChI=1S/C21H23N5O/c27-21(20-22-16-26(24-20)19-9-5-2-6-10-19)23-18-11-13-25(14-12-18)15-17-7-3-1-4-8-17/h1-10,16,18H,11-15H2,(H,23,27). The summed E-state index contributed by atoms with van der Waals surface area (Å²) in [6.07, 6.45) is 3.46. The molecule has 1 amide bonds. The first-order chi connectivity index (χ1) is 13.3. The van der Waals surface area contributed by atoms with Crippen LogP contribution in [0.5, 0.6) is 0 Å². The van der Waals surface area contributed by atoms with Crippen LogP contribution in [0.15, 0.2) is 67.0 Å². The smallest absolute Gasteiger partial charge is 0.291 e. The lowest BCUT2D eigenvalue weighted by Gasteiger charge is -2.32. The Morgan fingerprint density at radius 3 is 2.37 bits per heavy atom. The van der Waals surface area contributed by atoms with E-state index in [0.717, 1.165) is 38.2 Å². The molecule has 138 valence electrons. The van der Waals surface area contributed by atoms with Gasteiger partial charge in [-0.25, -0.2) is 9.67 Å². The molecule has 1 aromatic heterocycles. The fourth-order valence-corrected chi connectivity index (χ4v) is 3.40. The summed E-state index contributed by atoms with van der Waals surface area (Å²) in [5.74, 6) is 0.0109. The monoisotopic (exact) mass is 361 g/mol. The second-order valence-corrected chi connectivity index (χ2v) is 6.86. The van der Waals surface area contributed by atoms with Crippen molar-refractivity contribution in [2.24, 2.45) is 0 Å². The molecule has 6 nitrogen and oxygen atoms in total. The van der Waals surface area contributed by atoms with Crippen molar-refractivity contribution >= 4 is 5.91 Å². The summed E-state index contributed by atoms with van der Waals surface area (Å²) in [5, 5.41) is 7.38. The number of nitrogens with one attached hydrogen (secondary N) is 1. The molecular formula is C21H23N5O. The molecule has 1 aliphatic heterocycles.